The first kappa shape index (κ1) is 23.8. The molecule has 0 atom stereocenters. The molecule has 10 heteroatoms. The minimum absolute atomic E-state index is 0. The number of nitrogens with one attached hydrogen (secondary N) is 2. The van der Waals surface area contributed by atoms with Crippen LogP contribution in [0.15, 0.2) is 0 Å². The Kier molecular flexibility index (Phi) is 32.1. The van der Waals surface area contributed by atoms with Gasteiger partial charge in [0.1, 0.15) is 0 Å². The molecule has 0 heterocycles. The quantitative estimate of drug-likeness (QED) is 0.383. The summed E-state index contributed by atoms with van der Waals surface area (Å²) in [7, 11) is -4.67. The summed E-state index contributed by atoms with van der Waals surface area (Å²) >= 11 is 0. The molecule has 0 aliphatic rings. The maximum Gasteiger partial charge on any atom is 2.00 e. The molecule has 0 aliphatic heterocycles. The van der Waals surface area contributed by atoms with E-state index in [0.29, 0.717) is 26.2 Å². The van der Waals surface area contributed by atoms with E-state index in [1.165, 1.54) is 0 Å². The van der Waals surface area contributed by atoms with E-state index in [-0.39, 0.29) is 17.1 Å². The van der Waals surface area contributed by atoms with E-state index in [9.17, 15) is 0 Å². The summed E-state index contributed by atoms with van der Waals surface area (Å²) in [6.07, 6.45) is 0. The van der Waals surface area contributed by atoms with E-state index in [1.807, 2.05) is 0 Å². The van der Waals surface area contributed by atoms with Crippen molar-refractivity contribution in [2.75, 3.05) is 26.2 Å². The zero-order valence-electron chi connectivity index (χ0n) is 7.46. The van der Waals surface area contributed by atoms with Gasteiger partial charge in [-0.15, -0.1) is 13.1 Å². The first-order valence-corrected chi connectivity index (χ1v) is 4.62. The monoisotopic (exact) mass is 272 g/mol. The van der Waals surface area contributed by atoms with Crippen LogP contribution in [0, 0.1) is 0 Å². The van der Waals surface area contributed by atoms with E-state index in [0.717, 1.165) is 0 Å². The zero-order valence-corrected chi connectivity index (χ0v) is 9.38. The van der Waals surface area contributed by atoms with Gasteiger partial charge in [0, 0.05) is 0 Å². The summed E-state index contributed by atoms with van der Waals surface area (Å²) < 4.78 is 31.6. The van der Waals surface area contributed by atoms with Crippen molar-refractivity contribution in [2.45, 2.75) is 0 Å². The Labute approximate surface area is 94.4 Å². The minimum Gasteiger partial charge on any atom is -0.676 e. The predicted octanol–water partition coefficient (Wildman–Crippen LogP) is -0.661. The van der Waals surface area contributed by atoms with E-state index >= 15 is 0 Å². The SMILES string of the molecule is O=S(=O)(O)O.[Fe+2].[NH-]CCN.[NH-]CCN. The third kappa shape index (κ3) is 310. The molecule has 8 nitrogen and oxygen atoms in total. The Balaban J connectivity index is -0.0000000522. The third-order valence-corrected chi connectivity index (χ3v) is 0.289. The van der Waals surface area contributed by atoms with Crippen LogP contribution in [0.4, 0.5) is 0 Å². The van der Waals surface area contributed by atoms with Crippen LogP contribution in [-0.2, 0) is 27.5 Å². The zero-order chi connectivity index (χ0) is 11.3. The first-order valence-electron chi connectivity index (χ1n) is 3.22. The summed E-state index contributed by atoms with van der Waals surface area (Å²) in [6.45, 7) is 1.67. The molecule has 90 valence electrons. The first-order chi connectivity index (χ1) is 5.83. The fourth-order valence-electron chi connectivity index (χ4n) is 0. The molecule has 0 aromatic rings. The van der Waals surface area contributed by atoms with Gasteiger partial charge in [-0.25, -0.2) is 0 Å². The van der Waals surface area contributed by atoms with Crippen LogP contribution in [0.2, 0.25) is 0 Å². The van der Waals surface area contributed by atoms with Gasteiger partial charge in [-0.1, -0.05) is 0 Å². The largest absolute Gasteiger partial charge is 2.00 e. The standard InChI is InChI=1S/2C2H7N2.Fe.H2O4S/c2*3-1-2-4;;1-5(2,3)4/h2*3H,1-2,4H2;;(H2,1,2,3,4)/q2*-1;+2;. The van der Waals surface area contributed by atoms with Gasteiger partial charge in [0.2, 0.25) is 0 Å². The fraction of sp³-hybridized carbons (Fsp3) is 1.00. The Morgan fingerprint density at radius 3 is 1.07 bits per heavy atom. The van der Waals surface area contributed by atoms with Crippen LogP contribution in [0.3, 0.4) is 0 Å². The fourth-order valence-corrected chi connectivity index (χ4v) is 0. The van der Waals surface area contributed by atoms with Crippen LogP contribution in [-0.4, -0.2) is 43.7 Å². The summed E-state index contributed by atoms with van der Waals surface area (Å²) in [5.74, 6) is 0. The van der Waals surface area contributed by atoms with Gasteiger partial charge >= 0.3 is 27.5 Å². The maximum atomic E-state index is 8.74. The van der Waals surface area contributed by atoms with Crippen LogP contribution in [0.5, 0.6) is 0 Å². The molecule has 0 rings (SSSR count). The molecule has 0 radical (unpaired) electrons. The summed E-state index contributed by atoms with van der Waals surface area (Å²) in [4.78, 5) is 0. The van der Waals surface area contributed by atoms with Crippen LogP contribution in [0.25, 0.3) is 11.5 Å². The van der Waals surface area contributed by atoms with Crippen molar-refractivity contribution in [3.8, 4) is 0 Å². The Bertz CT molecular complexity index is 149. The molecule has 0 saturated heterocycles. The van der Waals surface area contributed by atoms with Crippen molar-refractivity contribution in [3.05, 3.63) is 11.5 Å². The van der Waals surface area contributed by atoms with Crippen LogP contribution in [0.1, 0.15) is 0 Å². The molecule has 0 aromatic carbocycles. The smallest absolute Gasteiger partial charge is 0.676 e. The third-order valence-electron chi connectivity index (χ3n) is 0.289. The molecule has 0 bridgehead atoms. The van der Waals surface area contributed by atoms with E-state index in [1.54, 1.807) is 0 Å². The molecule has 0 saturated carbocycles. The number of nitrogens with two attached hydrogens (primary N) is 2. The molecule has 0 fully saturated rings. The van der Waals surface area contributed by atoms with Crippen molar-refractivity contribution in [3.63, 3.8) is 0 Å². The van der Waals surface area contributed by atoms with Crippen LogP contribution >= 0.6 is 0 Å². The average Bonchev–Trinajstić information content (AvgIpc) is 2.01. The number of rotatable bonds is 2. The average molecular weight is 272 g/mol. The second-order valence-electron chi connectivity index (χ2n) is 1.53. The predicted molar refractivity (Wildman–Crippen MR) is 50.7 cm³/mol. The Morgan fingerprint density at radius 1 is 1.00 bits per heavy atom. The second kappa shape index (κ2) is 18.9. The molecule has 0 aromatic heterocycles. The van der Waals surface area contributed by atoms with Gasteiger partial charge in [0.15, 0.2) is 0 Å². The van der Waals surface area contributed by atoms with E-state index < -0.39 is 10.4 Å². The summed E-state index contributed by atoms with van der Waals surface area (Å²) in [6, 6.07) is 0. The topological polar surface area (TPSA) is 174 Å². The van der Waals surface area contributed by atoms with E-state index in [4.69, 9.17) is 40.5 Å². The van der Waals surface area contributed by atoms with Gasteiger partial charge in [-0.05, 0) is 13.1 Å². The van der Waals surface area contributed by atoms with Crippen molar-refractivity contribution in [2.24, 2.45) is 11.5 Å². The normalized spacial score (nSPS) is 8.43. The molecule has 0 spiro atoms. The Hall–Kier alpha value is 0.229. The van der Waals surface area contributed by atoms with Crippen molar-refractivity contribution in [1.82, 2.24) is 0 Å². The number of hydrogen-bond acceptors (Lipinski definition) is 4. The molecule has 0 amide bonds. The van der Waals surface area contributed by atoms with Gasteiger partial charge in [-0.3, -0.25) is 9.11 Å². The molecule has 14 heavy (non-hydrogen) atoms. The van der Waals surface area contributed by atoms with Gasteiger partial charge in [-0.2, -0.15) is 8.42 Å². The molecule has 8 N–H and O–H groups in total. The molecular formula is C4H16FeN4O4S. The summed E-state index contributed by atoms with van der Waals surface area (Å²) in [5, 5.41) is 0. The maximum absolute atomic E-state index is 8.74. The molecule has 0 aliphatic carbocycles. The van der Waals surface area contributed by atoms with Gasteiger partial charge in [0.05, 0.1) is 0 Å². The van der Waals surface area contributed by atoms with Crippen molar-refractivity contribution in [1.29, 1.82) is 0 Å². The molecular weight excluding hydrogens is 256 g/mol. The van der Waals surface area contributed by atoms with Gasteiger partial charge < -0.3 is 22.9 Å². The number of hydrogen-bond donors (Lipinski definition) is 4. The van der Waals surface area contributed by atoms with E-state index in [2.05, 4.69) is 0 Å². The second-order valence-corrected chi connectivity index (χ2v) is 2.42. The van der Waals surface area contributed by atoms with Crippen LogP contribution < -0.4 is 11.5 Å². The minimum atomic E-state index is -4.67. The summed E-state index contributed by atoms with van der Waals surface area (Å²) in [5.41, 5.74) is 22.3. The van der Waals surface area contributed by atoms with Crippen molar-refractivity contribution < 1.29 is 34.6 Å². The molecule has 0 unspecified atom stereocenters. The van der Waals surface area contributed by atoms with Crippen molar-refractivity contribution >= 4 is 10.4 Å². The Morgan fingerprint density at radius 2 is 1.07 bits per heavy atom. The van der Waals surface area contributed by atoms with Gasteiger partial charge in [0.25, 0.3) is 0 Å².